The number of carbonyl (C=O) groups is 1. The van der Waals surface area contributed by atoms with E-state index in [2.05, 4.69) is 5.32 Å². The van der Waals surface area contributed by atoms with Gasteiger partial charge in [0.25, 0.3) is 0 Å². The van der Waals surface area contributed by atoms with E-state index in [9.17, 15) is 13.2 Å². The lowest BCUT2D eigenvalue weighted by atomic mass is 10.1. The van der Waals surface area contributed by atoms with Crippen LogP contribution in [-0.4, -0.2) is 25.8 Å². The van der Waals surface area contributed by atoms with Crippen LogP contribution in [0.3, 0.4) is 0 Å². The number of benzene rings is 1. The molecule has 1 amide bonds. The Morgan fingerprint density at radius 3 is 2.72 bits per heavy atom. The lowest BCUT2D eigenvalue weighted by molar-refractivity contribution is -0.119. The first-order valence-electron chi connectivity index (χ1n) is 6.11. The van der Waals surface area contributed by atoms with Crippen molar-refractivity contribution < 1.29 is 13.2 Å². The second kappa shape index (κ2) is 5.10. The molecule has 1 heterocycles. The van der Waals surface area contributed by atoms with Crippen molar-refractivity contribution in [2.75, 3.05) is 16.8 Å². The van der Waals surface area contributed by atoms with Crippen LogP contribution < -0.4 is 5.32 Å². The fourth-order valence-electron chi connectivity index (χ4n) is 2.19. The zero-order chi connectivity index (χ0) is 13.2. The zero-order valence-electron chi connectivity index (χ0n) is 10.3. The van der Waals surface area contributed by atoms with Gasteiger partial charge in [0.05, 0.1) is 17.4 Å². The van der Waals surface area contributed by atoms with E-state index in [1.807, 2.05) is 31.2 Å². The second-order valence-corrected chi connectivity index (χ2v) is 6.83. The number of aryl methyl sites for hydroxylation is 1. The minimum atomic E-state index is -3.01. The number of para-hydroxylation sites is 1. The minimum Gasteiger partial charge on any atom is -0.326 e. The van der Waals surface area contributed by atoms with Crippen molar-refractivity contribution in [2.45, 2.75) is 19.8 Å². The van der Waals surface area contributed by atoms with Gasteiger partial charge in [-0.3, -0.25) is 4.79 Å². The Balaban J connectivity index is 2.08. The maximum absolute atomic E-state index is 12.0. The Labute approximate surface area is 107 Å². The molecular weight excluding hydrogens is 250 g/mol. The van der Waals surface area contributed by atoms with Crippen LogP contribution in [0.1, 0.15) is 18.9 Å². The van der Waals surface area contributed by atoms with Crippen LogP contribution in [0.4, 0.5) is 5.69 Å². The summed E-state index contributed by atoms with van der Waals surface area (Å²) < 4.78 is 22.7. The largest absolute Gasteiger partial charge is 0.326 e. The van der Waals surface area contributed by atoms with Gasteiger partial charge < -0.3 is 5.32 Å². The van der Waals surface area contributed by atoms with Gasteiger partial charge in [0.1, 0.15) is 0 Å². The molecule has 2 rings (SSSR count). The number of sulfone groups is 1. The van der Waals surface area contributed by atoms with Crippen LogP contribution in [0.5, 0.6) is 0 Å². The van der Waals surface area contributed by atoms with Crippen LogP contribution in [0.15, 0.2) is 24.3 Å². The zero-order valence-corrected chi connectivity index (χ0v) is 11.2. The van der Waals surface area contributed by atoms with Gasteiger partial charge in [-0.05, 0) is 24.5 Å². The first kappa shape index (κ1) is 13.1. The average Bonchev–Trinajstić information content (AvgIpc) is 2.70. The maximum Gasteiger partial charge on any atom is 0.228 e. The average molecular weight is 267 g/mol. The van der Waals surface area contributed by atoms with E-state index >= 15 is 0 Å². The van der Waals surface area contributed by atoms with E-state index in [4.69, 9.17) is 0 Å². The summed E-state index contributed by atoms with van der Waals surface area (Å²) in [6, 6.07) is 7.59. The molecule has 1 unspecified atom stereocenters. The summed E-state index contributed by atoms with van der Waals surface area (Å²) in [5.41, 5.74) is 1.85. The molecule has 0 saturated carbocycles. The quantitative estimate of drug-likeness (QED) is 0.905. The number of hydrogen-bond acceptors (Lipinski definition) is 3. The monoisotopic (exact) mass is 267 g/mol. The van der Waals surface area contributed by atoms with Crippen molar-refractivity contribution in [2.24, 2.45) is 5.92 Å². The Kier molecular flexibility index (Phi) is 3.71. The van der Waals surface area contributed by atoms with Crippen LogP contribution in [0.25, 0.3) is 0 Å². The molecule has 0 aromatic heterocycles. The Morgan fingerprint density at radius 1 is 1.39 bits per heavy atom. The fraction of sp³-hybridized carbons (Fsp3) is 0.462. The predicted molar refractivity (Wildman–Crippen MR) is 71.2 cm³/mol. The standard InChI is InChI=1S/C13H17NO3S/c1-2-10-5-3-4-6-12(10)14-13(15)11-7-8-18(16,17)9-11/h3-6,11H,2,7-9H2,1H3,(H,14,15). The molecule has 1 fully saturated rings. The SMILES string of the molecule is CCc1ccccc1NC(=O)C1CCS(=O)(=O)C1. The first-order chi connectivity index (χ1) is 8.52. The third kappa shape index (κ3) is 2.90. The van der Waals surface area contributed by atoms with Crippen LogP contribution >= 0.6 is 0 Å². The fourth-order valence-corrected chi connectivity index (χ4v) is 3.93. The molecule has 1 aliphatic rings. The third-order valence-electron chi connectivity index (χ3n) is 3.26. The van der Waals surface area contributed by atoms with Crippen molar-refractivity contribution in [1.82, 2.24) is 0 Å². The van der Waals surface area contributed by atoms with Gasteiger partial charge in [-0.25, -0.2) is 8.42 Å². The van der Waals surface area contributed by atoms with Gasteiger partial charge in [0.2, 0.25) is 5.91 Å². The molecule has 1 N–H and O–H groups in total. The number of anilines is 1. The summed E-state index contributed by atoms with van der Waals surface area (Å²) in [7, 11) is -3.01. The normalized spacial score (nSPS) is 21.7. The molecule has 1 aromatic rings. The maximum atomic E-state index is 12.0. The third-order valence-corrected chi connectivity index (χ3v) is 5.03. The highest BCUT2D eigenvalue weighted by Crippen LogP contribution is 2.22. The van der Waals surface area contributed by atoms with Gasteiger partial charge in [-0.2, -0.15) is 0 Å². The molecule has 1 aromatic carbocycles. The van der Waals surface area contributed by atoms with Crippen LogP contribution in [0.2, 0.25) is 0 Å². The first-order valence-corrected chi connectivity index (χ1v) is 7.93. The van der Waals surface area contributed by atoms with Crippen molar-refractivity contribution in [3.05, 3.63) is 29.8 Å². The highest BCUT2D eigenvalue weighted by Gasteiger charge is 2.33. The highest BCUT2D eigenvalue weighted by molar-refractivity contribution is 7.91. The minimum absolute atomic E-state index is 0.0207. The van der Waals surface area contributed by atoms with Crippen molar-refractivity contribution in [1.29, 1.82) is 0 Å². The van der Waals surface area contributed by atoms with E-state index in [0.29, 0.717) is 6.42 Å². The lowest BCUT2D eigenvalue weighted by Crippen LogP contribution is -2.24. The van der Waals surface area contributed by atoms with Crippen molar-refractivity contribution in [3.8, 4) is 0 Å². The second-order valence-electron chi connectivity index (χ2n) is 4.60. The number of amides is 1. The Morgan fingerprint density at radius 2 is 2.11 bits per heavy atom. The van der Waals surface area contributed by atoms with E-state index in [0.717, 1.165) is 17.7 Å². The van der Waals surface area contributed by atoms with E-state index in [1.54, 1.807) is 0 Å². The summed E-state index contributed by atoms with van der Waals surface area (Å²) in [6.07, 6.45) is 1.27. The van der Waals surface area contributed by atoms with E-state index in [1.165, 1.54) is 0 Å². The molecular formula is C13H17NO3S. The van der Waals surface area contributed by atoms with Crippen molar-refractivity contribution in [3.63, 3.8) is 0 Å². The summed E-state index contributed by atoms with van der Waals surface area (Å²) in [5.74, 6) is -0.481. The smallest absolute Gasteiger partial charge is 0.228 e. The molecule has 98 valence electrons. The molecule has 18 heavy (non-hydrogen) atoms. The molecule has 1 saturated heterocycles. The van der Waals surface area contributed by atoms with Gasteiger partial charge >= 0.3 is 0 Å². The lowest BCUT2D eigenvalue weighted by Gasteiger charge is -2.12. The number of nitrogens with one attached hydrogen (secondary N) is 1. The topological polar surface area (TPSA) is 63.2 Å². The van der Waals surface area contributed by atoms with Gasteiger partial charge in [0.15, 0.2) is 9.84 Å². The summed E-state index contributed by atoms with van der Waals surface area (Å²) >= 11 is 0. The molecule has 1 aliphatic heterocycles. The summed E-state index contributed by atoms with van der Waals surface area (Å²) in [5, 5.41) is 2.84. The summed E-state index contributed by atoms with van der Waals surface area (Å²) in [4.78, 5) is 12.0. The summed E-state index contributed by atoms with van der Waals surface area (Å²) in [6.45, 7) is 2.02. The van der Waals surface area contributed by atoms with E-state index in [-0.39, 0.29) is 17.4 Å². The number of rotatable bonds is 3. The molecule has 5 heteroatoms. The molecule has 4 nitrogen and oxygen atoms in total. The van der Waals surface area contributed by atoms with Crippen LogP contribution in [0, 0.1) is 5.92 Å². The number of hydrogen-bond donors (Lipinski definition) is 1. The van der Waals surface area contributed by atoms with Gasteiger partial charge in [0, 0.05) is 5.69 Å². The van der Waals surface area contributed by atoms with Crippen molar-refractivity contribution >= 4 is 21.4 Å². The molecule has 0 spiro atoms. The molecule has 0 bridgehead atoms. The molecule has 1 atom stereocenters. The Hall–Kier alpha value is -1.36. The van der Waals surface area contributed by atoms with Gasteiger partial charge in [-0.15, -0.1) is 0 Å². The van der Waals surface area contributed by atoms with Crippen LogP contribution in [-0.2, 0) is 21.1 Å². The predicted octanol–water partition coefficient (Wildman–Crippen LogP) is 1.62. The highest BCUT2D eigenvalue weighted by atomic mass is 32.2. The van der Waals surface area contributed by atoms with E-state index < -0.39 is 15.8 Å². The Bertz CT molecular complexity index is 551. The van der Waals surface area contributed by atoms with Gasteiger partial charge in [-0.1, -0.05) is 25.1 Å². The molecule has 0 radical (unpaired) electrons. The number of carbonyl (C=O) groups excluding carboxylic acids is 1. The molecule has 0 aliphatic carbocycles.